The lowest BCUT2D eigenvalue weighted by atomic mass is 9.34. The highest BCUT2D eigenvalue weighted by molar-refractivity contribution is 6.02. The molecule has 6 fully saturated rings. The van der Waals surface area contributed by atoms with Gasteiger partial charge in [-0.15, -0.1) is 0 Å². The van der Waals surface area contributed by atoms with Crippen molar-refractivity contribution in [1.82, 2.24) is 0 Å². The van der Waals surface area contributed by atoms with Gasteiger partial charge in [-0.1, -0.05) is 20.1 Å². The number of hydrogen-bond acceptors (Lipinski definition) is 10. The number of esters is 4. The van der Waals surface area contributed by atoms with Gasteiger partial charge in [-0.3, -0.25) is 14.4 Å². The van der Waals surface area contributed by atoms with Crippen LogP contribution in [0.25, 0.3) is 0 Å². The van der Waals surface area contributed by atoms with Gasteiger partial charge in [-0.05, 0) is 51.7 Å². The van der Waals surface area contributed by atoms with Crippen LogP contribution in [0.15, 0.2) is 24.3 Å². The van der Waals surface area contributed by atoms with Crippen molar-refractivity contribution in [3.8, 4) is 0 Å². The Hall–Kier alpha value is -2.72. The summed E-state index contributed by atoms with van der Waals surface area (Å²) < 4.78 is 30.3. The van der Waals surface area contributed by atoms with Crippen LogP contribution in [0.1, 0.15) is 60.8 Å². The lowest BCUT2D eigenvalue weighted by Gasteiger charge is -2.69. The molecule has 2 spiro atoms. The molecule has 0 aromatic carbocycles. The van der Waals surface area contributed by atoms with Crippen molar-refractivity contribution in [1.29, 1.82) is 0 Å². The largest absolute Gasteiger partial charge is 0.459 e. The van der Waals surface area contributed by atoms with Gasteiger partial charge in [-0.25, -0.2) is 4.79 Å². The van der Waals surface area contributed by atoms with Gasteiger partial charge in [-0.2, -0.15) is 0 Å². The molecule has 9 atom stereocenters. The standard InChI is InChI=1S/C27H32O10/c1-12-22(7)18(34-15(4)28)26-13(2)24(10-9-17(30)35-21(24,5)6)11-16(29)23(26,8)25(12)19(31)33-14(3)27(25,37-26)20(32)36-22/h14,16,18,29H,1-2,9-11H2,3-8H3/t14-,16-,18-,22+,23-,24+,25+,26+,27-/m1/s1. The quantitative estimate of drug-likeness (QED) is 0.312. The van der Waals surface area contributed by atoms with Crippen LogP contribution in [0.4, 0.5) is 0 Å². The number of aliphatic hydroxyl groups excluding tert-OH is 1. The minimum absolute atomic E-state index is 0.0546. The SMILES string of the molecule is C=C1[C@@]23C(=O)O[C@H](C)[C@]24O[C@@]2(C(=C)[C@]5(CCC(=O)OC5(C)C)C[C@@H](O)[C@]32C)[C@H](OC(C)=O)[C@@]1(C)OC4=O. The Morgan fingerprint density at radius 3 is 2.27 bits per heavy atom. The highest BCUT2D eigenvalue weighted by Gasteiger charge is 3.00. The average Bonchev–Trinajstić information content (AvgIpc) is 3.10. The van der Waals surface area contributed by atoms with E-state index in [4.69, 9.17) is 23.7 Å². The Morgan fingerprint density at radius 2 is 1.68 bits per heavy atom. The van der Waals surface area contributed by atoms with E-state index >= 15 is 0 Å². The molecule has 6 rings (SSSR count). The molecule has 0 aromatic heterocycles. The molecule has 4 aliphatic heterocycles. The number of ether oxygens (including phenoxy) is 5. The monoisotopic (exact) mass is 516 g/mol. The molecule has 200 valence electrons. The predicted octanol–water partition coefficient (Wildman–Crippen LogP) is 1.67. The van der Waals surface area contributed by atoms with Gasteiger partial charge in [0.2, 0.25) is 5.60 Å². The van der Waals surface area contributed by atoms with Gasteiger partial charge in [0.25, 0.3) is 0 Å². The summed E-state index contributed by atoms with van der Waals surface area (Å²) in [5, 5.41) is 12.2. The van der Waals surface area contributed by atoms with Crippen molar-refractivity contribution in [2.24, 2.45) is 16.2 Å². The molecule has 0 aromatic rings. The zero-order chi connectivity index (χ0) is 27.4. The fraction of sp³-hybridized carbons (Fsp3) is 0.704. The molecule has 4 saturated heterocycles. The first-order chi connectivity index (χ1) is 17.0. The van der Waals surface area contributed by atoms with Crippen molar-refractivity contribution >= 4 is 23.9 Å². The third-order valence-corrected chi connectivity index (χ3v) is 10.9. The fourth-order valence-corrected chi connectivity index (χ4v) is 9.15. The number of carbonyl (C=O) groups is 4. The first-order valence-electron chi connectivity index (χ1n) is 12.6. The second-order valence-electron chi connectivity index (χ2n) is 12.3. The number of fused-ring (bicyclic) bond motifs is 1. The maximum atomic E-state index is 14.0. The van der Waals surface area contributed by atoms with Crippen molar-refractivity contribution in [2.75, 3.05) is 0 Å². The van der Waals surface area contributed by atoms with E-state index in [1.54, 1.807) is 20.8 Å². The van der Waals surface area contributed by atoms with Crippen LogP contribution in [0.5, 0.6) is 0 Å². The summed E-state index contributed by atoms with van der Waals surface area (Å²) >= 11 is 0. The summed E-state index contributed by atoms with van der Waals surface area (Å²) in [6.45, 7) is 18.1. The van der Waals surface area contributed by atoms with Crippen LogP contribution < -0.4 is 0 Å². The molecule has 0 amide bonds. The van der Waals surface area contributed by atoms with Gasteiger partial charge >= 0.3 is 23.9 Å². The second kappa shape index (κ2) is 6.29. The zero-order valence-electron chi connectivity index (χ0n) is 21.9. The predicted molar refractivity (Wildman–Crippen MR) is 123 cm³/mol. The lowest BCUT2D eigenvalue weighted by Crippen LogP contribution is -2.82. The summed E-state index contributed by atoms with van der Waals surface area (Å²) in [6.07, 6.45) is -3.36. The first-order valence-corrected chi connectivity index (χ1v) is 12.6. The Bertz CT molecular complexity index is 1250. The molecule has 2 saturated carbocycles. The second-order valence-corrected chi connectivity index (χ2v) is 12.3. The van der Waals surface area contributed by atoms with Crippen molar-refractivity contribution in [2.45, 2.75) is 102 Å². The molecular weight excluding hydrogens is 484 g/mol. The third-order valence-electron chi connectivity index (χ3n) is 10.9. The summed E-state index contributed by atoms with van der Waals surface area (Å²) in [5.74, 6) is -2.68. The summed E-state index contributed by atoms with van der Waals surface area (Å²) in [6, 6.07) is 0. The van der Waals surface area contributed by atoms with E-state index in [1.165, 1.54) is 20.8 Å². The van der Waals surface area contributed by atoms with E-state index in [2.05, 4.69) is 13.2 Å². The molecule has 1 N–H and O–H groups in total. The number of cyclic esters (lactones) is 2. The minimum Gasteiger partial charge on any atom is -0.459 e. The Kier molecular flexibility index (Phi) is 4.18. The van der Waals surface area contributed by atoms with E-state index in [0.29, 0.717) is 5.57 Å². The van der Waals surface area contributed by atoms with Crippen molar-refractivity contribution in [3.63, 3.8) is 0 Å². The minimum atomic E-state index is -2.00. The number of hydrogen-bond donors (Lipinski definition) is 1. The van der Waals surface area contributed by atoms with E-state index in [0.717, 1.165) is 0 Å². The highest BCUT2D eigenvalue weighted by atomic mass is 16.7. The molecule has 3 bridgehead atoms. The summed E-state index contributed by atoms with van der Waals surface area (Å²) in [5.41, 5.74) is -10.6. The summed E-state index contributed by atoms with van der Waals surface area (Å²) in [7, 11) is 0. The third kappa shape index (κ3) is 1.98. The van der Waals surface area contributed by atoms with Crippen LogP contribution in [0.3, 0.4) is 0 Å². The van der Waals surface area contributed by atoms with Crippen LogP contribution >= 0.6 is 0 Å². The molecule has 4 heterocycles. The summed E-state index contributed by atoms with van der Waals surface area (Å²) in [4.78, 5) is 52.8. The molecule has 6 aliphatic rings. The maximum absolute atomic E-state index is 14.0. The molecule has 0 unspecified atom stereocenters. The van der Waals surface area contributed by atoms with Crippen molar-refractivity contribution < 1.29 is 48.0 Å². The van der Waals surface area contributed by atoms with Gasteiger partial charge in [0, 0.05) is 18.8 Å². The van der Waals surface area contributed by atoms with E-state index < -0.39 is 74.9 Å². The van der Waals surface area contributed by atoms with Crippen LogP contribution in [0.2, 0.25) is 0 Å². The Balaban J connectivity index is 1.75. The van der Waals surface area contributed by atoms with Gasteiger partial charge in [0.05, 0.1) is 11.5 Å². The average molecular weight is 517 g/mol. The Labute approximate surface area is 214 Å². The number of aliphatic hydroxyl groups is 1. The van der Waals surface area contributed by atoms with E-state index in [-0.39, 0.29) is 30.8 Å². The normalized spacial score (nSPS) is 52.8. The molecular formula is C27H32O10. The smallest absolute Gasteiger partial charge is 0.345 e. The molecule has 10 heteroatoms. The Morgan fingerprint density at radius 1 is 1.03 bits per heavy atom. The molecule has 2 aliphatic carbocycles. The van der Waals surface area contributed by atoms with Crippen LogP contribution in [0, 0.1) is 16.2 Å². The molecule has 10 nitrogen and oxygen atoms in total. The number of rotatable bonds is 1. The zero-order valence-corrected chi connectivity index (χ0v) is 21.9. The lowest BCUT2D eigenvalue weighted by molar-refractivity contribution is -0.270. The van der Waals surface area contributed by atoms with Crippen LogP contribution in [-0.2, 0) is 42.9 Å². The van der Waals surface area contributed by atoms with Crippen molar-refractivity contribution in [3.05, 3.63) is 24.3 Å². The van der Waals surface area contributed by atoms with Gasteiger partial charge in [0.15, 0.2) is 11.7 Å². The van der Waals surface area contributed by atoms with E-state index in [1.807, 2.05) is 0 Å². The maximum Gasteiger partial charge on any atom is 0.345 e. The highest BCUT2D eigenvalue weighted by Crippen LogP contribution is 2.84. The first kappa shape index (κ1) is 24.6. The molecule has 37 heavy (non-hydrogen) atoms. The van der Waals surface area contributed by atoms with Gasteiger partial charge < -0.3 is 28.8 Å². The van der Waals surface area contributed by atoms with E-state index in [9.17, 15) is 24.3 Å². The number of carbonyl (C=O) groups excluding carboxylic acids is 4. The fourth-order valence-electron chi connectivity index (χ4n) is 9.15. The molecule has 0 radical (unpaired) electrons. The topological polar surface area (TPSA) is 135 Å². The van der Waals surface area contributed by atoms with Crippen LogP contribution in [-0.4, -0.2) is 69.7 Å². The van der Waals surface area contributed by atoms with Gasteiger partial charge in [0.1, 0.15) is 22.7 Å².